The second kappa shape index (κ2) is 9.20. The number of hydrogen-bond donors (Lipinski definition) is 1. The van der Waals surface area contributed by atoms with Gasteiger partial charge in [-0.3, -0.25) is 0 Å². The standard InChI is InChI=1S/C15H25NO/c1-3-4-10-17-13-14(2)11-16-12-15-8-6-5-7-9-15/h5-9,14,16H,3-4,10-13H2,1-2H3. The van der Waals surface area contributed by atoms with Gasteiger partial charge >= 0.3 is 0 Å². The first kappa shape index (κ1) is 14.2. The molecule has 0 aliphatic rings. The molecule has 0 spiro atoms. The number of benzene rings is 1. The second-order valence-corrected chi connectivity index (χ2v) is 4.65. The van der Waals surface area contributed by atoms with Crippen molar-refractivity contribution >= 4 is 0 Å². The van der Waals surface area contributed by atoms with Crippen molar-refractivity contribution in [1.82, 2.24) is 5.32 Å². The molecule has 1 N–H and O–H groups in total. The average molecular weight is 235 g/mol. The lowest BCUT2D eigenvalue weighted by Gasteiger charge is -2.13. The molecule has 1 aromatic rings. The Morgan fingerprint density at radius 3 is 2.71 bits per heavy atom. The Balaban J connectivity index is 2.02. The SMILES string of the molecule is CCCCOCC(C)CNCc1ccccc1. The Bertz CT molecular complexity index is 274. The summed E-state index contributed by atoms with van der Waals surface area (Å²) >= 11 is 0. The Morgan fingerprint density at radius 2 is 2.00 bits per heavy atom. The molecular formula is C15H25NO. The first-order valence-corrected chi connectivity index (χ1v) is 6.65. The van der Waals surface area contributed by atoms with Gasteiger partial charge in [-0.05, 0) is 17.9 Å². The minimum Gasteiger partial charge on any atom is -0.381 e. The summed E-state index contributed by atoms with van der Waals surface area (Å²) in [5.74, 6) is 0.579. The molecule has 1 atom stereocenters. The Hall–Kier alpha value is -0.860. The molecule has 0 radical (unpaired) electrons. The smallest absolute Gasteiger partial charge is 0.0503 e. The molecule has 1 unspecified atom stereocenters. The highest BCUT2D eigenvalue weighted by molar-refractivity contribution is 5.14. The van der Waals surface area contributed by atoms with Crippen LogP contribution in [0.4, 0.5) is 0 Å². The molecule has 0 saturated heterocycles. The third-order valence-corrected chi connectivity index (χ3v) is 2.71. The zero-order valence-electron chi connectivity index (χ0n) is 11.1. The fourth-order valence-corrected chi connectivity index (χ4v) is 1.65. The monoisotopic (exact) mass is 235 g/mol. The van der Waals surface area contributed by atoms with Crippen LogP contribution in [0, 0.1) is 5.92 Å². The lowest BCUT2D eigenvalue weighted by Crippen LogP contribution is -2.23. The summed E-state index contributed by atoms with van der Waals surface area (Å²) in [5, 5.41) is 3.46. The summed E-state index contributed by atoms with van der Waals surface area (Å²) in [6.07, 6.45) is 2.38. The van der Waals surface area contributed by atoms with Crippen LogP contribution in [0.1, 0.15) is 32.3 Å². The third kappa shape index (κ3) is 7.14. The number of hydrogen-bond acceptors (Lipinski definition) is 2. The van der Waals surface area contributed by atoms with Gasteiger partial charge < -0.3 is 10.1 Å². The number of rotatable bonds is 9. The lowest BCUT2D eigenvalue weighted by molar-refractivity contribution is 0.102. The van der Waals surface area contributed by atoms with Crippen LogP contribution in [-0.4, -0.2) is 19.8 Å². The molecule has 2 heteroatoms. The summed E-state index contributed by atoms with van der Waals surface area (Å²) in [6, 6.07) is 10.5. The van der Waals surface area contributed by atoms with Gasteiger partial charge in [0.05, 0.1) is 6.61 Å². The largest absolute Gasteiger partial charge is 0.381 e. The van der Waals surface area contributed by atoms with Crippen molar-refractivity contribution in [1.29, 1.82) is 0 Å². The van der Waals surface area contributed by atoms with Crippen molar-refractivity contribution < 1.29 is 4.74 Å². The van der Waals surface area contributed by atoms with E-state index in [1.54, 1.807) is 0 Å². The van der Waals surface area contributed by atoms with Gasteiger partial charge in [-0.1, -0.05) is 50.6 Å². The van der Waals surface area contributed by atoms with Crippen LogP contribution in [0.25, 0.3) is 0 Å². The van der Waals surface area contributed by atoms with Gasteiger partial charge in [0.25, 0.3) is 0 Å². The van der Waals surface area contributed by atoms with Crippen LogP contribution < -0.4 is 5.32 Å². The topological polar surface area (TPSA) is 21.3 Å². The van der Waals surface area contributed by atoms with Crippen LogP contribution >= 0.6 is 0 Å². The van der Waals surface area contributed by atoms with Gasteiger partial charge in [0, 0.05) is 19.7 Å². The van der Waals surface area contributed by atoms with Crippen molar-refractivity contribution in [2.45, 2.75) is 33.2 Å². The van der Waals surface area contributed by atoms with Crippen LogP contribution in [0.3, 0.4) is 0 Å². The number of unbranched alkanes of at least 4 members (excludes halogenated alkanes) is 1. The molecule has 0 aliphatic carbocycles. The molecule has 0 fully saturated rings. The zero-order chi connectivity index (χ0) is 12.3. The van der Waals surface area contributed by atoms with Crippen LogP contribution in [0.2, 0.25) is 0 Å². The second-order valence-electron chi connectivity index (χ2n) is 4.65. The maximum Gasteiger partial charge on any atom is 0.0503 e. The predicted molar refractivity (Wildman–Crippen MR) is 73.0 cm³/mol. The maximum atomic E-state index is 5.60. The summed E-state index contributed by atoms with van der Waals surface area (Å²) in [6.45, 7) is 8.14. The maximum absolute atomic E-state index is 5.60. The Labute approximate surface area is 105 Å². The lowest BCUT2D eigenvalue weighted by atomic mass is 10.2. The summed E-state index contributed by atoms with van der Waals surface area (Å²) in [7, 11) is 0. The van der Waals surface area contributed by atoms with Crippen LogP contribution in [0.15, 0.2) is 30.3 Å². The molecule has 0 heterocycles. The normalized spacial score (nSPS) is 12.6. The van der Waals surface area contributed by atoms with Crippen molar-refractivity contribution in [3.8, 4) is 0 Å². The van der Waals surface area contributed by atoms with E-state index >= 15 is 0 Å². The number of nitrogens with one attached hydrogen (secondary N) is 1. The van der Waals surface area contributed by atoms with E-state index in [2.05, 4.69) is 43.4 Å². The van der Waals surface area contributed by atoms with E-state index < -0.39 is 0 Å². The minimum atomic E-state index is 0.579. The summed E-state index contributed by atoms with van der Waals surface area (Å²) in [4.78, 5) is 0. The van der Waals surface area contributed by atoms with Crippen molar-refractivity contribution in [2.75, 3.05) is 19.8 Å². The molecule has 0 aliphatic heterocycles. The molecule has 1 aromatic carbocycles. The first-order valence-electron chi connectivity index (χ1n) is 6.65. The summed E-state index contributed by atoms with van der Waals surface area (Å²) in [5.41, 5.74) is 1.34. The minimum absolute atomic E-state index is 0.579. The zero-order valence-corrected chi connectivity index (χ0v) is 11.1. The van der Waals surface area contributed by atoms with E-state index in [1.165, 1.54) is 18.4 Å². The van der Waals surface area contributed by atoms with E-state index in [1.807, 2.05) is 6.07 Å². The fraction of sp³-hybridized carbons (Fsp3) is 0.600. The van der Waals surface area contributed by atoms with Gasteiger partial charge in [-0.25, -0.2) is 0 Å². The highest BCUT2D eigenvalue weighted by atomic mass is 16.5. The van der Waals surface area contributed by atoms with E-state index in [9.17, 15) is 0 Å². The van der Waals surface area contributed by atoms with Gasteiger partial charge in [0.2, 0.25) is 0 Å². The summed E-state index contributed by atoms with van der Waals surface area (Å²) < 4.78 is 5.60. The fourth-order valence-electron chi connectivity index (χ4n) is 1.65. The molecular weight excluding hydrogens is 210 g/mol. The highest BCUT2D eigenvalue weighted by Crippen LogP contribution is 1.99. The molecule has 0 bridgehead atoms. The molecule has 0 saturated carbocycles. The Morgan fingerprint density at radius 1 is 1.24 bits per heavy atom. The molecule has 17 heavy (non-hydrogen) atoms. The van der Waals surface area contributed by atoms with Gasteiger partial charge in [0.15, 0.2) is 0 Å². The van der Waals surface area contributed by atoms with Crippen LogP contribution in [0.5, 0.6) is 0 Å². The molecule has 1 rings (SSSR count). The van der Waals surface area contributed by atoms with Gasteiger partial charge in [-0.2, -0.15) is 0 Å². The van der Waals surface area contributed by atoms with E-state index in [0.717, 1.165) is 26.3 Å². The van der Waals surface area contributed by atoms with E-state index in [-0.39, 0.29) is 0 Å². The third-order valence-electron chi connectivity index (χ3n) is 2.71. The van der Waals surface area contributed by atoms with E-state index in [0.29, 0.717) is 5.92 Å². The van der Waals surface area contributed by atoms with Crippen molar-refractivity contribution in [3.63, 3.8) is 0 Å². The quantitative estimate of drug-likeness (QED) is 0.664. The van der Waals surface area contributed by atoms with Gasteiger partial charge in [-0.15, -0.1) is 0 Å². The predicted octanol–water partition coefficient (Wildman–Crippen LogP) is 3.23. The van der Waals surface area contributed by atoms with Gasteiger partial charge in [0.1, 0.15) is 0 Å². The number of ether oxygens (including phenoxy) is 1. The molecule has 96 valence electrons. The Kier molecular flexibility index (Phi) is 7.69. The molecule has 2 nitrogen and oxygen atoms in total. The van der Waals surface area contributed by atoms with Crippen molar-refractivity contribution in [2.24, 2.45) is 5.92 Å². The van der Waals surface area contributed by atoms with E-state index in [4.69, 9.17) is 4.74 Å². The molecule has 0 aromatic heterocycles. The van der Waals surface area contributed by atoms with Crippen LogP contribution in [-0.2, 0) is 11.3 Å². The highest BCUT2D eigenvalue weighted by Gasteiger charge is 2.01. The first-order chi connectivity index (χ1) is 8.33. The molecule has 0 amide bonds. The average Bonchev–Trinajstić information content (AvgIpc) is 2.36. The van der Waals surface area contributed by atoms with Crippen molar-refractivity contribution in [3.05, 3.63) is 35.9 Å².